The maximum Gasteiger partial charge on any atom is 0.416 e. The van der Waals surface area contributed by atoms with E-state index in [4.69, 9.17) is 12.2 Å². The molecule has 1 N–H and O–H groups in total. The fourth-order valence-electron chi connectivity index (χ4n) is 1.59. The van der Waals surface area contributed by atoms with Crippen LogP contribution in [0.15, 0.2) is 36.7 Å². The normalized spacial score (nSPS) is 11.7. The van der Waals surface area contributed by atoms with Crippen molar-refractivity contribution < 1.29 is 13.2 Å². The van der Waals surface area contributed by atoms with Crippen molar-refractivity contribution in [2.45, 2.75) is 12.7 Å². The summed E-state index contributed by atoms with van der Waals surface area (Å²) in [5.41, 5.74) is -0.418. The number of benzene rings is 1. The Morgan fingerprint density at radius 2 is 1.94 bits per heavy atom. The van der Waals surface area contributed by atoms with E-state index >= 15 is 0 Å². The molecule has 1 aromatic heterocycles. The summed E-state index contributed by atoms with van der Waals surface area (Å²) in [6.45, 7) is 0.109. The molecule has 0 fully saturated rings. The molecule has 1 aromatic carbocycles. The van der Waals surface area contributed by atoms with Gasteiger partial charge in [0.1, 0.15) is 0 Å². The summed E-state index contributed by atoms with van der Waals surface area (Å²) in [7, 11) is 0. The lowest BCUT2D eigenvalue weighted by Gasteiger charge is -2.12. The number of nitrogens with zero attached hydrogens (tertiary/aromatic N) is 1. The Morgan fingerprint density at radius 1 is 1.24 bits per heavy atom. The van der Waals surface area contributed by atoms with Crippen LogP contribution in [0, 0.1) is 4.77 Å². The van der Waals surface area contributed by atoms with Gasteiger partial charge in [-0.25, -0.2) is 0 Å². The van der Waals surface area contributed by atoms with Gasteiger partial charge in [0.05, 0.1) is 12.1 Å². The van der Waals surface area contributed by atoms with Crippen LogP contribution in [0.4, 0.5) is 13.2 Å². The number of imidazole rings is 1. The molecule has 90 valence electrons. The first-order valence-corrected chi connectivity index (χ1v) is 5.28. The summed E-state index contributed by atoms with van der Waals surface area (Å²) in [6, 6.07) is 5.49. The zero-order chi connectivity index (χ0) is 12.5. The van der Waals surface area contributed by atoms with Crippen LogP contribution >= 0.6 is 12.2 Å². The Kier molecular flexibility index (Phi) is 3.06. The highest BCUT2D eigenvalue weighted by atomic mass is 32.1. The van der Waals surface area contributed by atoms with Gasteiger partial charge in [0.15, 0.2) is 4.77 Å². The number of aromatic nitrogens is 2. The smallest absolute Gasteiger partial charge is 0.337 e. The summed E-state index contributed by atoms with van der Waals surface area (Å²) in [5, 5.41) is 0. The number of hydrogen-bond acceptors (Lipinski definition) is 1. The zero-order valence-corrected chi connectivity index (χ0v) is 9.48. The molecule has 0 unspecified atom stereocenters. The maximum absolute atomic E-state index is 12.7. The number of nitrogens with one attached hydrogen (secondary N) is 1. The molecule has 0 radical (unpaired) electrons. The van der Waals surface area contributed by atoms with Gasteiger partial charge in [-0.3, -0.25) is 0 Å². The van der Waals surface area contributed by atoms with Crippen LogP contribution in [0.25, 0.3) is 0 Å². The molecule has 17 heavy (non-hydrogen) atoms. The summed E-state index contributed by atoms with van der Waals surface area (Å²) >= 11 is 4.95. The quantitative estimate of drug-likeness (QED) is 0.816. The number of hydrogen-bond donors (Lipinski definition) is 1. The number of H-pyrrole nitrogens is 1. The van der Waals surface area contributed by atoms with Crippen LogP contribution in [-0.4, -0.2) is 9.55 Å². The van der Waals surface area contributed by atoms with E-state index in [2.05, 4.69) is 4.98 Å². The van der Waals surface area contributed by atoms with Gasteiger partial charge in [-0.1, -0.05) is 18.2 Å². The molecule has 0 saturated carbocycles. The highest BCUT2D eigenvalue weighted by Crippen LogP contribution is 2.32. The van der Waals surface area contributed by atoms with E-state index < -0.39 is 11.7 Å². The number of rotatable bonds is 2. The van der Waals surface area contributed by atoms with Gasteiger partial charge in [0.2, 0.25) is 0 Å². The average Bonchev–Trinajstić information content (AvgIpc) is 2.64. The molecule has 0 aliphatic rings. The van der Waals surface area contributed by atoms with Gasteiger partial charge in [-0.05, 0) is 23.8 Å². The summed E-state index contributed by atoms with van der Waals surface area (Å²) < 4.78 is 40.2. The van der Waals surface area contributed by atoms with Gasteiger partial charge < -0.3 is 9.55 Å². The topological polar surface area (TPSA) is 20.7 Å². The second kappa shape index (κ2) is 4.37. The van der Waals surface area contributed by atoms with Crippen LogP contribution in [0.3, 0.4) is 0 Å². The lowest BCUT2D eigenvalue weighted by atomic mass is 10.1. The summed E-state index contributed by atoms with van der Waals surface area (Å²) in [6.07, 6.45) is -1.12. The Hall–Kier alpha value is -1.56. The van der Waals surface area contributed by atoms with Crippen LogP contribution in [0.2, 0.25) is 0 Å². The van der Waals surface area contributed by atoms with Crippen LogP contribution in [0.1, 0.15) is 11.1 Å². The molecular formula is C11H9F3N2S. The second-order valence-electron chi connectivity index (χ2n) is 3.55. The van der Waals surface area contributed by atoms with Crippen molar-refractivity contribution in [3.05, 3.63) is 52.6 Å². The van der Waals surface area contributed by atoms with E-state index in [0.29, 0.717) is 4.77 Å². The lowest BCUT2D eigenvalue weighted by Crippen LogP contribution is -2.11. The molecule has 0 amide bonds. The molecule has 2 aromatic rings. The van der Waals surface area contributed by atoms with E-state index in [9.17, 15) is 13.2 Å². The minimum absolute atomic E-state index is 0.109. The number of halogens is 3. The standard InChI is InChI=1S/C11H9F3N2S/c12-11(13,14)9-4-2-1-3-8(9)7-16-6-5-15-10(16)17/h1-6H,7H2,(H,15,17). The molecule has 0 aliphatic heterocycles. The van der Waals surface area contributed by atoms with Gasteiger partial charge in [-0.2, -0.15) is 13.2 Å². The van der Waals surface area contributed by atoms with Gasteiger partial charge in [0.25, 0.3) is 0 Å². The van der Waals surface area contributed by atoms with E-state index in [-0.39, 0.29) is 12.1 Å². The molecule has 6 heteroatoms. The first-order chi connectivity index (χ1) is 7.98. The Bertz CT molecular complexity index is 568. The van der Waals surface area contributed by atoms with E-state index in [1.165, 1.54) is 12.1 Å². The van der Waals surface area contributed by atoms with E-state index in [1.54, 1.807) is 23.0 Å². The molecule has 0 spiro atoms. The maximum atomic E-state index is 12.7. The minimum atomic E-state index is -4.34. The fraction of sp³-hybridized carbons (Fsp3) is 0.182. The SMILES string of the molecule is FC(F)(F)c1ccccc1Cn1cc[nH]c1=S. The predicted octanol–water partition coefficient (Wildman–Crippen LogP) is 3.61. The third-order valence-corrected chi connectivity index (χ3v) is 2.74. The molecule has 2 nitrogen and oxygen atoms in total. The van der Waals surface area contributed by atoms with Gasteiger partial charge in [-0.15, -0.1) is 0 Å². The van der Waals surface area contributed by atoms with Crippen molar-refractivity contribution >= 4 is 12.2 Å². The highest BCUT2D eigenvalue weighted by molar-refractivity contribution is 7.71. The van der Waals surface area contributed by atoms with Crippen molar-refractivity contribution in [1.82, 2.24) is 9.55 Å². The van der Waals surface area contributed by atoms with Crippen LogP contribution in [0.5, 0.6) is 0 Å². The van der Waals surface area contributed by atoms with Crippen molar-refractivity contribution in [1.29, 1.82) is 0 Å². The first kappa shape index (κ1) is 11.9. The molecule has 0 atom stereocenters. The molecule has 0 aliphatic carbocycles. The third kappa shape index (κ3) is 2.58. The Balaban J connectivity index is 2.40. The number of alkyl halides is 3. The fourth-order valence-corrected chi connectivity index (χ4v) is 1.79. The molecule has 2 rings (SSSR count). The largest absolute Gasteiger partial charge is 0.416 e. The Labute approximate surface area is 101 Å². The second-order valence-corrected chi connectivity index (χ2v) is 3.93. The van der Waals surface area contributed by atoms with Crippen LogP contribution < -0.4 is 0 Å². The van der Waals surface area contributed by atoms with E-state index in [0.717, 1.165) is 6.07 Å². The molecule has 1 heterocycles. The third-order valence-electron chi connectivity index (χ3n) is 2.39. The average molecular weight is 258 g/mol. The van der Waals surface area contributed by atoms with Crippen molar-refractivity contribution in [2.24, 2.45) is 0 Å². The predicted molar refractivity (Wildman–Crippen MR) is 60.2 cm³/mol. The molecule has 0 saturated heterocycles. The van der Waals surface area contributed by atoms with Gasteiger partial charge in [0, 0.05) is 12.4 Å². The Morgan fingerprint density at radius 3 is 2.53 bits per heavy atom. The lowest BCUT2D eigenvalue weighted by molar-refractivity contribution is -0.138. The van der Waals surface area contributed by atoms with Crippen molar-refractivity contribution in [2.75, 3.05) is 0 Å². The van der Waals surface area contributed by atoms with E-state index in [1.807, 2.05) is 0 Å². The zero-order valence-electron chi connectivity index (χ0n) is 8.66. The van der Waals surface area contributed by atoms with Crippen molar-refractivity contribution in [3.63, 3.8) is 0 Å². The highest BCUT2D eigenvalue weighted by Gasteiger charge is 2.32. The molecule has 0 bridgehead atoms. The summed E-state index contributed by atoms with van der Waals surface area (Å²) in [4.78, 5) is 2.74. The van der Waals surface area contributed by atoms with Crippen LogP contribution in [-0.2, 0) is 12.7 Å². The van der Waals surface area contributed by atoms with Crippen molar-refractivity contribution in [3.8, 4) is 0 Å². The monoisotopic (exact) mass is 258 g/mol. The first-order valence-electron chi connectivity index (χ1n) is 4.87. The minimum Gasteiger partial charge on any atom is -0.337 e. The number of aromatic amines is 1. The molecular weight excluding hydrogens is 249 g/mol. The summed E-state index contributed by atoms with van der Waals surface area (Å²) in [5.74, 6) is 0. The van der Waals surface area contributed by atoms with Gasteiger partial charge >= 0.3 is 6.18 Å².